The Morgan fingerprint density at radius 2 is 0.780 bits per heavy atom. The zero-order valence-corrected chi connectivity index (χ0v) is 26.8. The Balaban J connectivity index is 1.33. The Morgan fingerprint density at radius 1 is 0.340 bits per heavy atom. The molecule has 0 unspecified atom stereocenters. The Morgan fingerprint density at radius 3 is 1.26 bits per heavy atom. The van der Waals surface area contributed by atoms with E-state index < -0.39 is 0 Å². The largest absolute Gasteiger partial charge is 0.508 e. The van der Waals surface area contributed by atoms with Crippen LogP contribution in [0.5, 0.6) is 5.75 Å². The summed E-state index contributed by atoms with van der Waals surface area (Å²) in [5.41, 5.74) is 9.14. The van der Waals surface area contributed by atoms with Gasteiger partial charge in [0.15, 0.2) is 11.6 Å². The lowest BCUT2D eigenvalue weighted by atomic mass is 10.1. The van der Waals surface area contributed by atoms with E-state index in [0.717, 1.165) is 50.3 Å². The number of aromatic nitrogens is 5. The molecule has 0 spiro atoms. The van der Waals surface area contributed by atoms with E-state index in [4.69, 9.17) is 10.2 Å². The van der Waals surface area contributed by atoms with Crippen LogP contribution >= 0.6 is 0 Å². The minimum atomic E-state index is 0.175. The maximum atomic E-state index is 10.4. The highest BCUT2D eigenvalue weighted by Gasteiger charge is 2.22. The molecule has 0 saturated heterocycles. The molecule has 0 radical (unpaired) electrons. The molecule has 6 heteroatoms. The van der Waals surface area contributed by atoms with Crippen LogP contribution in [0.25, 0.3) is 83.4 Å². The number of hydrogen-bond donors (Lipinski definition) is 1. The van der Waals surface area contributed by atoms with Crippen LogP contribution in [0.3, 0.4) is 0 Å². The number of fused-ring (bicyclic) bond motifs is 6. The van der Waals surface area contributed by atoms with Gasteiger partial charge >= 0.3 is 0 Å². The van der Waals surface area contributed by atoms with Crippen LogP contribution in [0.15, 0.2) is 170 Å². The molecular formula is C44H29N5O. The summed E-state index contributed by atoms with van der Waals surface area (Å²) in [4.78, 5) is 0. The fourth-order valence-electron chi connectivity index (χ4n) is 7.51. The van der Waals surface area contributed by atoms with E-state index in [1.807, 2.05) is 30.3 Å². The predicted molar refractivity (Wildman–Crippen MR) is 203 cm³/mol. The van der Waals surface area contributed by atoms with E-state index in [1.165, 1.54) is 21.5 Å². The molecule has 0 aliphatic carbocycles. The van der Waals surface area contributed by atoms with Crippen molar-refractivity contribution >= 4 is 43.6 Å². The molecule has 0 amide bonds. The molecule has 6 nitrogen and oxygen atoms in total. The van der Waals surface area contributed by atoms with Crippen molar-refractivity contribution in [1.29, 1.82) is 0 Å². The number of aromatic hydroxyl groups is 1. The molecule has 7 aromatic carbocycles. The Labute approximate surface area is 287 Å². The first kappa shape index (κ1) is 28.1. The average Bonchev–Trinajstić information content (AvgIpc) is 3.86. The van der Waals surface area contributed by atoms with Gasteiger partial charge in [-0.25, -0.2) is 0 Å². The lowest BCUT2D eigenvalue weighted by Gasteiger charge is -2.16. The summed E-state index contributed by atoms with van der Waals surface area (Å²) in [5, 5.41) is 24.9. The van der Waals surface area contributed by atoms with Crippen molar-refractivity contribution in [3.63, 3.8) is 0 Å². The summed E-state index contributed by atoms with van der Waals surface area (Å²) in [7, 11) is 0. The normalized spacial score (nSPS) is 11.7. The van der Waals surface area contributed by atoms with E-state index in [0.29, 0.717) is 11.6 Å². The molecule has 236 valence electrons. The number of hydrogen-bond acceptors (Lipinski definition) is 3. The van der Waals surface area contributed by atoms with Gasteiger partial charge in [-0.1, -0.05) is 103 Å². The fraction of sp³-hybridized carbons (Fsp3) is 0. The van der Waals surface area contributed by atoms with Crippen LogP contribution in [0, 0.1) is 0 Å². The molecule has 0 atom stereocenters. The van der Waals surface area contributed by atoms with Gasteiger partial charge in [-0.05, 0) is 66.7 Å². The highest BCUT2D eigenvalue weighted by Crippen LogP contribution is 2.38. The first-order valence-electron chi connectivity index (χ1n) is 16.7. The third kappa shape index (κ3) is 4.29. The lowest BCUT2D eigenvalue weighted by molar-refractivity contribution is 0.475. The minimum absolute atomic E-state index is 0.175. The average molecular weight is 644 g/mol. The first-order valence-corrected chi connectivity index (χ1v) is 16.7. The van der Waals surface area contributed by atoms with Crippen molar-refractivity contribution in [2.45, 2.75) is 0 Å². The van der Waals surface area contributed by atoms with E-state index >= 15 is 0 Å². The summed E-state index contributed by atoms with van der Waals surface area (Å²) in [6.07, 6.45) is 0. The van der Waals surface area contributed by atoms with Crippen molar-refractivity contribution in [3.05, 3.63) is 170 Å². The summed E-state index contributed by atoms with van der Waals surface area (Å²) < 4.78 is 6.78. The number of nitrogens with zero attached hydrogens (tertiary/aromatic N) is 5. The van der Waals surface area contributed by atoms with Gasteiger partial charge in [0, 0.05) is 49.7 Å². The molecule has 3 heterocycles. The Hall–Kier alpha value is -6.92. The predicted octanol–water partition coefficient (Wildman–Crippen LogP) is 10.5. The van der Waals surface area contributed by atoms with Crippen LogP contribution in [0.1, 0.15) is 0 Å². The number of benzene rings is 7. The molecule has 0 bridgehead atoms. The van der Waals surface area contributed by atoms with Gasteiger partial charge in [-0.15, -0.1) is 10.2 Å². The standard InChI is InChI=1S/C44H29N5O/c50-34-16-12-13-29(27-34)43-45-46-44(49(43)31-14-2-1-3-15-31)30-25-32(47-39-21-8-4-17-35(39)36-18-5-9-22-40(36)47)28-33(26-30)48-41-23-10-6-19-37(41)38-20-7-11-24-42(38)48/h1-28,50H. The quantitative estimate of drug-likeness (QED) is 0.203. The summed E-state index contributed by atoms with van der Waals surface area (Å²) >= 11 is 0. The molecule has 50 heavy (non-hydrogen) atoms. The van der Waals surface area contributed by atoms with Crippen LogP contribution in [-0.2, 0) is 0 Å². The highest BCUT2D eigenvalue weighted by atomic mass is 16.3. The molecule has 3 aromatic heterocycles. The zero-order valence-electron chi connectivity index (χ0n) is 26.8. The van der Waals surface area contributed by atoms with E-state index in [9.17, 15) is 5.11 Å². The van der Waals surface area contributed by atoms with Crippen molar-refractivity contribution in [1.82, 2.24) is 23.9 Å². The lowest BCUT2D eigenvalue weighted by Crippen LogP contribution is -2.03. The third-order valence-corrected chi connectivity index (χ3v) is 9.62. The zero-order chi connectivity index (χ0) is 33.2. The Bertz CT molecular complexity index is 2660. The highest BCUT2D eigenvalue weighted by molar-refractivity contribution is 6.10. The maximum Gasteiger partial charge on any atom is 0.169 e. The number of phenolic OH excluding ortho intramolecular Hbond substituents is 1. The topological polar surface area (TPSA) is 60.8 Å². The monoisotopic (exact) mass is 643 g/mol. The molecule has 0 saturated carbocycles. The smallest absolute Gasteiger partial charge is 0.169 e. The van der Waals surface area contributed by atoms with Gasteiger partial charge in [0.2, 0.25) is 0 Å². The second kappa shape index (κ2) is 11.1. The van der Waals surface area contributed by atoms with Gasteiger partial charge in [-0.3, -0.25) is 4.57 Å². The van der Waals surface area contributed by atoms with Gasteiger partial charge in [0.1, 0.15) is 5.75 Å². The molecular weight excluding hydrogens is 615 g/mol. The van der Waals surface area contributed by atoms with Gasteiger partial charge in [-0.2, -0.15) is 0 Å². The van der Waals surface area contributed by atoms with Crippen LogP contribution < -0.4 is 0 Å². The van der Waals surface area contributed by atoms with E-state index in [1.54, 1.807) is 12.1 Å². The van der Waals surface area contributed by atoms with Crippen LogP contribution in [-0.4, -0.2) is 29.0 Å². The van der Waals surface area contributed by atoms with Crippen LogP contribution in [0.4, 0.5) is 0 Å². The van der Waals surface area contributed by atoms with Crippen molar-refractivity contribution in [3.8, 4) is 45.6 Å². The van der Waals surface area contributed by atoms with E-state index in [2.05, 4.69) is 141 Å². The number of rotatable bonds is 5. The summed E-state index contributed by atoms with van der Waals surface area (Å²) in [6.45, 7) is 0. The third-order valence-electron chi connectivity index (χ3n) is 9.62. The SMILES string of the molecule is Oc1cccc(-c2nnc(-c3cc(-n4c5ccccc5c5ccccc54)cc(-n4c5ccccc5c5ccccc54)c3)n2-c2ccccc2)c1. The van der Waals surface area contributed by atoms with Crippen molar-refractivity contribution < 1.29 is 5.11 Å². The van der Waals surface area contributed by atoms with Gasteiger partial charge in [0.05, 0.1) is 22.1 Å². The second-order valence-electron chi connectivity index (χ2n) is 12.5. The van der Waals surface area contributed by atoms with Gasteiger partial charge < -0.3 is 14.2 Å². The molecule has 0 fully saturated rings. The van der Waals surface area contributed by atoms with Crippen molar-refractivity contribution in [2.75, 3.05) is 0 Å². The summed E-state index contributed by atoms with van der Waals surface area (Å²) in [6, 6.07) is 58.4. The van der Waals surface area contributed by atoms with Crippen molar-refractivity contribution in [2.24, 2.45) is 0 Å². The van der Waals surface area contributed by atoms with E-state index in [-0.39, 0.29) is 5.75 Å². The molecule has 0 aliphatic rings. The number of phenols is 1. The second-order valence-corrected chi connectivity index (χ2v) is 12.5. The maximum absolute atomic E-state index is 10.4. The molecule has 10 rings (SSSR count). The Kier molecular flexibility index (Phi) is 6.23. The molecule has 10 aromatic rings. The fourth-order valence-corrected chi connectivity index (χ4v) is 7.51. The van der Waals surface area contributed by atoms with Gasteiger partial charge in [0.25, 0.3) is 0 Å². The molecule has 0 aliphatic heterocycles. The summed E-state index contributed by atoms with van der Waals surface area (Å²) in [5.74, 6) is 1.51. The number of para-hydroxylation sites is 5. The minimum Gasteiger partial charge on any atom is -0.508 e. The first-order chi connectivity index (χ1) is 24.7. The van der Waals surface area contributed by atoms with Crippen LogP contribution in [0.2, 0.25) is 0 Å². The molecule has 1 N–H and O–H groups in total.